The maximum absolute atomic E-state index is 3.46. The van der Waals surface area contributed by atoms with E-state index in [1.165, 1.54) is 28.7 Å². The van der Waals surface area contributed by atoms with Crippen LogP contribution in [0.15, 0.2) is 42.5 Å². The molecule has 2 nitrogen and oxygen atoms in total. The number of hydrogen-bond donors (Lipinski definition) is 1. The van der Waals surface area contributed by atoms with E-state index < -0.39 is 0 Å². The molecule has 0 saturated heterocycles. The molecule has 2 aliphatic rings. The van der Waals surface area contributed by atoms with E-state index in [9.17, 15) is 0 Å². The van der Waals surface area contributed by atoms with Crippen LogP contribution in [-0.4, -0.2) is 11.4 Å². The van der Waals surface area contributed by atoms with Gasteiger partial charge in [0, 0.05) is 26.2 Å². The Morgan fingerprint density at radius 3 is 2.45 bits per heavy atom. The first kappa shape index (κ1) is 12.1. The van der Waals surface area contributed by atoms with Crippen molar-refractivity contribution in [2.45, 2.75) is 32.6 Å². The van der Waals surface area contributed by atoms with Gasteiger partial charge < -0.3 is 5.32 Å². The Balaban J connectivity index is 1.56. The van der Waals surface area contributed by atoms with Crippen molar-refractivity contribution in [1.82, 2.24) is 10.2 Å². The number of nitrogens with one attached hydrogen (secondary N) is 1. The maximum atomic E-state index is 3.46. The minimum Gasteiger partial charge on any atom is -0.312 e. The van der Waals surface area contributed by atoms with Gasteiger partial charge in [-0.25, -0.2) is 0 Å². The van der Waals surface area contributed by atoms with Gasteiger partial charge in [-0.15, -0.1) is 0 Å². The van der Waals surface area contributed by atoms with E-state index in [1.807, 2.05) is 0 Å². The van der Waals surface area contributed by atoms with Gasteiger partial charge in [0.25, 0.3) is 0 Å². The number of fused-ring (bicyclic) bond motifs is 2. The van der Waals surface area contributed by atoms with E-state index in [0.29, 0.717) is 0 Å². The van der Waals surface area contributed by atoms with Crippen molar-refractivity contribution >= 4 is 0 Å². The molecule has 0 unspecified atom stereocenters. The van der Waals surface area contributed by atoms with Gasteiger partial charge in [-0.3, -0.25) is 4.90 Å². The van der Waals surface area contributed by atoms with Crippen LogP contribution >= 0.6 is 0 Å². The normalized spacial score (nSPS) is 17.8. The average molecular weight is 264 g/mol. The molecule has 0 bridgehead atoms. The second-order valence-corrected chi connectivity index (χ2v) is 5.90. The van der Waals surface area contributed by atoms with Gasteiger partial charge in [0.05, 0.1) is 0 Å². The lowest BCUT2D eigenvalue weighted by Gasteiger charge is -2.23. The van der Waals surface area contributed by atoms with Crippen molar-refractivity contribution in [2.24, 2.45) is 0 Å². The van der Waals surface area contributed by atoms with Crippen LogP contribution in [0.5, 0.6) is 0 Å². The lowest BCUT2D eigenvalue weighted by molar-refractivity contribution is 0.274. The zero-order valence-electron chi connectivity index (χ0n) is 11.7. The molecule has 0 spiro atoms. The standard InChI is InChI=1S/C18H20N2/c1-2-5-16-12-20(11-15(16)4-1)13-17-7-3-6-14-10-19-9-8-18(14)17/h1-7,19H,8-13H2. The molecule has 0 atom stereocenters. The Labute approximate surface area is 120 Å². The monoisotopic (exact) mass is 264 g/mol. The van der Waals surface area contributed by atoms with Crippen LogP contribution in [0.2, 0.25) is 0 Å². The predicted molar refractivity (Wildman–Crippen MR) is 81.2 cm³/mol. The quantitative estimate of drug-likeness (QED) is 0.897. The molecule has 0 aromatic heterocycles. The molecule has 20 heavy (non-hydrogen) atoms. The van der Waals surface area contributed by atoms with Crippen LogP contribution in [-0.2, 0) is 32.6 Å². The molecule has 4 rings (SSSR count). The summed E-state index contributed by atoms with van der Waals surface area (Å²) in [6.45, 7) is 5.42. The molecule has 102 valence electrons. The summed E-state index contributed by atoms with van der Waals surface area (Å²) in [5.74, 6) is 0. The topological polar surface area (TPSA) is 15.3 Å². The third-order valence-electron chi connectivity index (χ3n) is 4.54. The summed E-state index contributed by atoms with van der Waals surface area (Å²) in [7, 11) is 0. The second kappa shape index (κ2) is 5.04. The van der Waals surface area contributed by atoms with Crippen LogP contribution < -0.4 is 5.32 Å². The fourth-order valence-electron chi connectivity index (χ4n) is 3.52. The first-order valence-electron chi connectivity index (χ1n) is 7.49. The highest BCUT2D eigenvalue weighted by Gasteiger charge is 2.20. The molecule has 0 radical (unpaired) electrons. The van der Waals surface area contributed by atoms with Gasteiger partial charge in [0.15, 0.2) is 0 Å². The lowest BCUT2D eigenvalue weighted by Crippen LogP contribution is -2.26. The van der Waals surface area contributed by atoms with Crippen LogP contribution in [0.25, 0.3) is 0 Å². The molecule has 1 N–H and O–H groups in total. The first-order valence-corrected chi connectivity index (χ1v) is 7.49. The molecule has 2 aromatic rings. The Morgan fingerprint density at radius 1 is 0.900 bits per heavy atom. The molecule has 0 amide bonds. The van der Waals surface area contributed by atoms with E-state index in [4.69, 9.17) is 0 Å². The molecule has 0 fully saturated rings. The van der Waals surface area contributed by atoms with Crippen LogP contribution in [0.4, 0.5) is 0 Å². The summed E-state index contributed by atoms with van der Waals surface area (Å²) in [4.78, 5) is 2.56. The van der Waals surface area contributed by atoms with Crippen LogP contribution in [0.1, 0.15) is 27.8 Å². The highest BCUT2D eigenvalue weighted by atomic mass is 15.1. The maximum Gasteiger partial charge on any atom is 0.0244 e. The van der Waals surface area contributed by atoms with Crippen molar-refractivity contribution in [3.8, 4) is 0 Å². The van der Waals surface area contributed by atoms with Crippen molar-refractivity contribution in [3.63, 3.8) is 0 Å². The molecule has 2 heteroatoms. The largest absolute Gasteiger partial charge is 0.312 e. The summed E-state index contributed by atoms with van der Waals surface area (Å²) in [5.41, 5.74) is 7.60. The van der Waals surface area contributed by atoms with E-state index in [2.05, 4.69) is 52.7 Å². The van der Waals surface area contributed by atoms with Gasteiger partial charge in [-0.2, -0.15) is 0 Å². The SMILES string of the molecule is c1ccc2c(c1)CN(Cc1cccc3c1CCNC3)C2. The van der Waals surface area contributed by atoms with Gasteiger partial charge in [-0.1, -0.05) is 42.5 Å². The summed E-state index contributed by atoms with van der Waals surface area (Å²) >= 11 is 0. The Hall–Kier alpha value is -1.64. The second-order valence-electron chi connectivity index (χ2n) is 5.90. The third kappa shape index (κ3) is 2.15. The van der Waals surface area contributed by atoms with Crippen LogP contribution in [0, 0.1) is 0 Å². The number of nitrogens with zero attached hydrogens (tertiary/aromatic N) is 1. The zero-order valence-corrected chi connectivity index (χ0v) is 11.7. The molecule has 2 aromatic carbocycles. The Morgan fingerprint density at radius 2 is 1.65 bits per heavy atom. The summed E-state index contributed by atoms with van der Waals surface area (Å²) < 4.78 is 0. The van der Waals surface area contributed by atoms with E-state index in [-0.39, 0.29) is 0 Å². The van der Waals surface area contributed by atoms with Gasteiger partial charge in [0.1, 0.15) is 0 Å². The Bertz CT molecular complexity index is 608. The molecule has 2 aliphatic heterocycles. The number of benzene rings is 2. The lowest BCUT2D eigenvalue weighted by atomic mass is 9.95. The number of rotatable bonds is 2. The van der Waals surface area contributed by atoms with Gasteiger partial charge in [0.2, 0.25) is 0 Å². The van der Waals surface area contributed by atoms with Crippen LogP contribution in [0.3, 0.4) is 0 Å². The highest BCUT2D eigenvalue weighted by Crippen LogP contribution is 2.26. The molecule has 0 saturated carbocycles. The van der Waals surface area contributed by atoms with Crippen molar-refractivity contribution in [3.05, 3.63) is 70.3 Å². The minimum absolute atomic E-state index is 1.03. The van der Waals surface area contributed by atoms with E-state index >= 15 is 0 Å². The molecule has 0 aliphatic carbocycles. The van der Waals surface area contributed by atoms with E-state index in [1.54, 1.807) is 5.56 Å². The van der Waals surface area contributed by atoms with Crippen molar-refractivity contribution < 1.29 is 0 Å². The zero-order chi connectivity index (χ0) is 13.4. The molecule has 2 heterocycles. The fourth-order valence-corrected chi connectivity index (χ4v) is 3.52. The average Bonchev–Trinajstić information content (AvgIpc) is 2.90. The summed E-state index contributed by atoms with van der Waals surface area (Å²) in [6.07, 6.45) is 1.17. The van der Waals surface area contributed by atoms with Gasteiger partial charge in [-0.05, 0) is 40.8 Å². The predicted octanol–water partition coefficient (Wildman–Crippen LogP) is 2.85. The minimum atomic E-state index is 1.03. The smallest absolute Gasteiger partial charge is 0.0244 e. The fraction of sp³-hybridized carbons (Fsp3) is 0.333. The Kier molecular flexibility index (Phi) is 3.06. The first-order chi connectivity index (χ1) is 9.90. The van der Waals surface area contributed by atoms with Gasteiger partial charge >= 0.3 is 0 Å². The molecular formula is C18H20N2. The third-order valence-corrected chi connectivity index (χ3v) is 4.54. The van der Waals surface area contributed by atoms with Crippen molar-refractivity contribution in [1.29, 1.82) is 0 Å². The number of hydrogen-bond acceptors (Lipinski definition) is 2. The van der Waals surface area contributed by atoms with E-state index in [0.717, 1.165) is 32.7 Å². The molecular weight excluding hydrogens is 244 g/mol. The summed E-state index contributed by atoms with van der Waals surface area (Å²) in [6, 6.07) is 15.6. The summed E-state index contributed by atoms with van der Waals surface area (Å²) in [5, 5.41) is 3.46. The van der Waals surface area contributed by atoms with Crippen molar-refractivity contribution in [2.75, 3.05) is 6.54 Å². The highest BCUT2D eigenvalue weighted by molar-refractivity contribution is 5.38.